The maximum Gasteiger partial charge on any atom is 0.327 e. The maximum atomic E-state index is 11.8. The first kappa shape index (κ1) is 17.4. The fraction of sp³-hybridized carbons (Fsp3) is 0.923. The van der Waals surface area contributed by atoms with Crippen LogP contribution in [0, 0.1) is 0 Å². The minimum Gasteiger partial charge on any atom is -0.465 e. The standard InChI is InChI=1S/C13H28N2O3/c1-6-11(3)15(8-9-17-5)10-13(4,14)12(16)18-7-2/h11H,6-10,14H2,1-5H3. The molecular weight excluding hydrogens is 232 g/mol. The van der Waals surface area contributed by atoms with Crippen molar-refractivity contribution in [2.24, 2.45) is 5.73 Å². The van der Waals surface area contributed by atoms with Crippen LogP contribution in [0.2, 0.25) is 0 Å². The van der Waals surface area contributed by atoms with E-state index in [1.54, 1.807) is 21.0 Å². The van der Waals surface area contributed by atoms with Crippen LogP contribution in [0.1, 0.15) is 34.1 Å². The number of carbonyl (C=O) groups is 1. The molecule has 0 aliphatic carbocycles. The zero-order valence-corrected chi connectivity index (χ0v) is 12.4. The summed E-state index contributed by atoms with van der Waals surface area (Å²) in [5.41, 5.74) is 5.08. The predicted octanol–water partition coefficient (Wildman–Crippen LogP) is 1.01. The second-order valence-corrected chi connectivity index (χ2v) is 4.86. The molecule has 2 N–H and O–H groups in total. The van der Waals surface area contributed by atoms with Crippen molar-refractivity contribution >= 4 is 5.97 Å². The van der Waals surface area contributed by atoms with Gasteiger partial charge in [0.2, 0.25) is 0 Å². The SMILES string of the molecule is CCOC(=O)C(C)(N)CN(CCOC)C(C)CC. The Balaban J connectivity index is 4.57. The molecule has 18 heavy (non-hydrogen) atoms. The van der Waals surface area contributed by atoms with Crippen LogP contribution in [0.25, 0.3) is 0 Å². The summed E-state index contributed by atoms with van der Waals surface area (Å²) >= 11 is 0. The third kappa shape index (κ3) is 5.80. The smallest absolute Gasteiger partial charge is 0.327 e. The van der Waals surface area contributed by atoms with Crippen molar-refractivity contribution in [3.8, 4) is 0 Å². The molecule has 5 heteroatoms. The number of hydrogen-bond acceptors (Lipinski definition) is 5. The molecule has 0 saturated carbocycles. The second-order valence-electron chi connectivity index (χ2n) is 4.86. The highest BCUT2D eigenvalue weighted by atomic mass is 16.5. The van der Waals surface area contributed by atoms with Crippen LogP contribution in [0.5, 0.6) is 0 Å². The molecule has 5 nitrogen and oxygen atoms in total. The van der Waals surface area contributed by atoms with Crippen LogP contribution in [0.3, 0.4) is 0 Å². The molecule has 0 amide bonds. The summed E-state index contributed by atoms with van der Waals surface area (Å²) in [6, 6.07) is 0.359. The van der Waals surface area contributed by atoms with E-state index in [9.17, 15) is 4.79 Å². The number of carbonyl (C=O) groups excluding carboxylic acids is 1. The zero-order valence-electron chi connectivity index (χ0n) is 12.4. The Labute approximate surface area is 111 Å². The highest BCUT2D eigenvalue weighted by molar-refractivity contribution is 5.80. The Bertz CT molecular complexity index is 244. The number of ether oxygens (including phenoxy) is 2. The van der Waals surface area contributed by atoms with E-state index in [0.717, 1.165) is 13.0 Å². The first-order valence-electron chi connectivity index (χ1n) is 6.58. The molecule has 0 aromatic heterocycles. The first-order chi connectivity index (χ1) is 8.38. The Morgan fingerprint density at radius 1 is 1.44 bits per heavy atom. The molecule has 0 aliphatic rings. The quantitative estimate of drug-likeness (QED) is 0.627. The second kappa shape index (κ2) is 8.45. The van der Waals surface area contributed by atoms with Crippen molar-refractivity contribution in [1.82, 2.24) is 4.90 Å². The third-order valence-corrected chi connectivity index (χ3v) is 3.07. The van der Waals surface area contributed by atoms with Gasteiger partial charge >= 0.3 is 5.97 Å². The van der Waals surface area contributed by atoms with Crippen LogP contribution < -0.4 is 5.73 Å². The molecule has 2 atom stereocenters. The summed E-state index contributed by atoms with van der Waals surface area (Å²) < 4.78 is 10.1. The molecule has 0 radical (unpaired) electrons. The lowest BCUT2D eigenvalue weighted by molar-refractivity contribution is -0.150. The van der Waals surface area contributed by atoms with E-state index >= 15 is 0 Å². The van der Waals surface area contributed by atoms with E-state index in [4.69, 9.17) is 15.2 Å². The van der Waals surface area contributed by atoms with Gasteiger partial charge in [0.1, 0.15) is 5.54 Å². The predicted molar refractivity (Wildman–Crippen MR) is 72.4 cm³/mol. The van der Waals surface area contributed by atoms with Crippen LogP contribution in [0.15, 0.2) is 0 Å². The van der Waals surface area contributed by atoms with Crippen molar-refractivity contribution < 1.29 is 14.3 Å². The lowest BCUT2D eigenvalue weighted by atomic mass is 10.0. The van der Waals surface area contributed by atoms with Crippen molar-refractivity contribution in [1.29, 1.82) is 0 Å². The molecule has 0 aromatic rings. The van der Waals surface area contributed by atoms with Crippen molar-refractivity contribution in [3.05, 3.63) is 0 Å². The largest absolute Gasteiger partial charge is 0.465 e. The summed E-state index contributed by atoms with van der Waals surface area (Å²) in [7, 11) is 1.67. The highest BCUT2D eigenvalue weighted by Crippen LogP contribution is 2.11. The van der Waals surface area contributed by atoms with Crippen LogP contribution in [-0.2, 0) is 14.3 Å². The minimum absolute atomic E-state index is 0.351. The summed E-state index contributed by atoms with van der Waals surface area (Å²) in [5.74, 6) is -0.351. The Hall–Kier alpha value is -0.650. The normalized spacial score (nSPS) is 16.4. The fourth-order valence-electron chi connectivity index (χ4n) is 1.70. The molecule has 0 aliphatic heterocycles. The lowest BCUT2D eigenvalue weighted by Crippen LogP contribution is -2.56. The number of methoxy groups -OCH3 is 1. The van der Waals surface area contributed by atoms with Gasteiger partial charge in [-0.05, 0) is 27.2 Å². The average molecular weight is 260 g/mol. The Morgan fingerprint density at radius 2 is 2.06 bits per heavy atom. The van der Waals surface area contributed by atoms with Crippen molar-refractivity contribution in [2.45, 2.75) is 45.7 Å². The maximum absolute atomic E-state index is 11.8. The van der Waals surface area contributed by atoms with Gasteiger partial charge in [-0.3, -0.25) is 9.69 Å². The molecule has 0 spiro atoms. The van der Waals surface area contributed by atoms with Crippen molar-refractivity contribution in [3.63, 3.8) is 0 Å². The van der Waals surface area contributed by atoms with Gasteiger partial charge in [-0.25, -0.2) is 0 Å². The van der Waals surface area contributed by atoms with E-state index in [-0.39, 0.29) is 5.97 Å². The van der Waals surface area contributed by atoms with Gasteiger partial charge < -0.3 is 15.2 Å². The summed E-state index contributed by atoms with van der Waals surface area (Å²) in [4.78, 5) is 13.9. The van der Waals surface area contributed by atoms with Gasteiger partial charge in [0.05, 0.1) is 13.2 Å². The van der Waals surface area contributed by atoms with Crippen LogP contribution >= 0.6 is 0 Å². The molecule has 0 rings (SSSR count). The van der Waals surface area contributed by atoms with E-state index < -0.39 is 5.54 Å². The minimum atomic E-state index is -0.979. The number of nitrogens with zero attached hydrogens (tertiary/aromatic N) is 1. The number of rotatable bonds is 9. The van der Waals surface area contributed by atoms with E-state index in [2.05, 4.69) is 18.7 Å². The van der Waals surface area contributed by atoms with Gasteiger partial charge in [0, 0.05) is 26.2 Å². The van der Waals surface area contributed by atoms with Gasteiger partial charge in [-0.2, -0.15) is 0 Å². The Morgan fingerprint density at radius 3 is 2.50 bits per heavy atom. The molecule has 0 aromatic carbocycles. The first-order valence-corrected chi connectivity index (χ1v) is 6.58. The fourth-order valence-corrected chi connectivity index (χ4v) is 1.70. The number of hydrogen-bond donors (Lipinski definition) is 1. The molecule has 0 fully saturated rings. The van der Waals surface area contributed by atoms with Gasteiger partial charge in [0.25, 0.3) is 0 Å². The Kier molecular flexibility index (Phi) is 8.15. The van der Waals surface area contributed by atoms with Crippen LogP contribution in [0.4, 0.5) is 0 Å². The molecule has 0 bridgehead atoms. The number of esters is 1. The van der Waals surface area contributed by atoms with Gasteiger partial charge in [-0.1, -0.05) is 6.92 Å². The summed E-state index contributed by atoms with van der Waals surface area (Å²) in [6.45, 7) is 9.95. The van der Waals surface area contributed by atoms with Gasteiger partial charge in [0.15, 0.2) is 0 Å². The average Bonchev–Trinajstić information content (AvgIpc) is 2.33. The molecular formula is C13H28N2O3. The monoisotopic (exact) mass is 260 g/mol. The van der Waals surface area contributed by atoms with Gasteiger partial charge in [-0.15, -0.1) is 0 Å². The zero-order chi connectivity index (χ0) is 14.2. The number of nitrogens with two attached hydrogens (primary N) is 1. The lowest BCUT2D eigenvalue weighted by Gasteiger charge is -2.34. The van der Waals surface area contributed by atoms with E-state index in [1.165, 1.54) is 0 Å². The van der Waals surface area contributed by atoms with Crippen LogP contribution in [-0.4, -0.2) is 55.9 Å². The van der Waals surface area contributed by atoms with E-state index in [0.29, 0.717) is 25.8 Å². The molecule has 0 saturated heterocycles. The molecule has 108 valence electrons. The molecule has 0 heterocycles. The molecule has 2 unspecified atom stereocenters. The van der Waals surface area contributed by atoms with Crippen molar-refractivity contribution in [2.75, 3.05) is 33.4 Å². The summed E-state index contributed by atoms with van der Waals surface area (Å²) in [6.07, 6.45) is 1.00. The topological polar surface area (TPSA) is 64.8 Å². The highest BCUT2D eigenvalue weighted by Gasteiger charge is 2.33. The summed E-state index contributed by atoms with van der Waals surface area (Å²) in [5, 5.41) is 0. The van der Waals surface area contributed by atoms with E-state index in [1.807, 2.05) is 0 Å². The third-order valence-electron chi connectivity index (χ3n) is 3.07.